The Morgan fingerprint density at radius 1 is 1.16 bits per heavy atom. The molecule has 8 nitrogen and oxygen atoms in total. The molecule has 1 aliphatic heterocycles. The molecule has 32 heavy (non-hydrogen) atoms. The van der Waals surface area contributed by atoms with E-state index in [1.54, 1.807) is 24.7 Å². The van der Waals surface area contributed by atoms with E-state index in [4.69, 9.17) is 0 Å². The Balaban J connectivity index is 1.61. The highest BCUT2D eigenvalue weighted by atomic mass is 16.2. The second-order valence-electron chi connectivity index (χ2n) is 8.60. The van der Waals surface area contributed by atoms with Crippen LogP contribution >= 0.6 is 0 Å². The highest BCUT2D eigenvalue weighted by molar-refractivity contribution is 6.00. The molecule has 1 N–H and O–H groups in total. The van der Waals surface area contributed by atoms with Gasteiger partial charge in [-0.25, -0.2) is 9.50 Å². The summed E-state index contributed by atoms with van der Waals surface area (Å²) in [6.07, 6.45) is 5.63. The van der Waals surface area contributed by atoms with Crippen LogP contribution in [0, 0.1) is 6.92 Å². The van der Waals surface area contributed by atoms with Crippen LogP contribution in [0.3, 0.4) is 0 Å². The number of nitrogens with zero attached hydrogens (tertiary/aromatic N) is 5. The smallest absolute Gasteiger partial charge is 0.258 e. The van der Waals surface area contributed by atoms with Gasteiger partial charge >= 0.3 is 0 Å². The van der Waals surface area contributed by atoms with Crippen LogP contribution < -0.4 is 10.9 Å². The Hall–Kier alpha value is -3.52. The van der Waals surface area contributed by atoms with Crippen LogP contribution in [0.15, 0.2) is 47.5 Å². The van der Waals surface area contributed by atoms with Crippen molar-refractivity contribution in [2.75, 3.05) is 27.2 Å². The van der Waals surface area contributed by atoms with Gasteiger partial charge in [0.25, 0.3) is 11.5 Å². The molecule has 1 fully saturated rings. The van der Waals surface area contributed by atoms with E-state index in [1.807, 2.05) is 48.1 Å². The fraction of sp³-hybridized carbons (Fsp3) is 0.333. The number of pyridine rings is 1. The molecule has 0 saturated carbocycles. The molecule has 1 amide bonds. The summed E-state index contributed by atoms with van der Waals surface area (Å²) in [6.45, 7) is 3.75. The zero-order chi connectivity index (χ0) is 22.4. The number of benzene rings is 1. The highest BCUT2D eigenvalue weighted by Gasteiger charge is 2.19. The van der Waals surface area contributed by atoms with Gasteiger partial charge in [0.05, 0.1) is 23.1 Å². The summed E-state index contributed by atoms with van der Waals surface area (Å²) in [7, 11) is 3.44. The van der Waals surface area contributed by atoms with E-state index in [1.165, 1.54) is 4.90 Å². The van der Waals surface area contributed by atoms with Gasteiger partial charge in [0.2, 0.25) is 0 Å². The molecular formula is C24H26N6O2. The Morgan fingerprint density at radius 3 is 2.69 bits per heavy atom. The molecule has 0 aliphatic carbocycles. The van der Waals surface area contributed by atoms with Gasteiger partial charge in [0, 0.05) is 37.3 Å². The Bertz CT molecular complexity index is 1400. The SMILES string of the molecule is Cc1cn2nc(-c3ccc4c(=O)n(C5CCNCC5)ccc4c3)cc(C(=O)N(C)C)c2n1. The molecule has 1 aliphatic rings. The summed E-state index contributed by atoms with van der Waals surface area (Å²) in [5.74, 6) is -0.130. The second kappa shape index (κ2) is 7.87. The molecule has 0 unspecified atom stereocenters. The fourth-order valence-corrected chi connectivity index (χ4v) is 4.43. The van der Waals surface area contributed by atoms with Crippen LogP contribution in [0.1, 0.15) is 34.9 Å². The molecular weight excluding hydrogens is 404 g/mol. The maximum Gasteiger partial charge on any atom is 0.258 e. The number of carbonyl (C=O) groups excluding carboxylic acids is 1. The number of fused-ring (bicyclic) bond motifs is 2. The molecule has 4 aromatic rings. The highest BCUT2D eigenvalue weighted by Crippen LogP contribution is 2.25. The number of hydrogen-bond acceptors (Lipinski definition) is 5. The predicted molar refractivity (Wildman–Crippen MR) is 124 cm³/mol. The number of aromatic nitrogens is 4. The number of amides is 1. The zero-order valence-corrected chi connectivity index (χ0v) is 18.5. The van der Waals surface area contributed by atoms with Crippen LogP contribution in [-0.2, 0) is 0 Å². The molecule has 0 radical (unpaired) electrons. The minimum atomic E-state index is -0.130. The predicted octanol–water partition coefficient (Wildman–Crippen LogP) is 2.65. The summed E-state index contributed by atoms with van der Waals surface area (Å²) in [6, 6.07) is 9.74. The first kappa shape index (κ1) is 20.4. The van der Waals surface area contributed by atoms with E-state index in [2.05, 4.69) is 15.4 Å². The summed E-state index contributed by atoms with van der Waals surface area (Å²) in [5.41, 5.74) is 3.37. The van der Waals surface area contributed by atoms with Gasteiger partial charge in [-0.15, -0.1) is 0 Å². The van der Waals surface area contributed by atoms with Crippen LogP contribution in [-0.4, -0.2) is 57.2 Å². The minimum Gasteiger partial charge on any atom is -0.345 e. The maximum absolute atomic E-state index is 13.1. The number of nitrogens with one attached hydrogen (secondary N) is 1. The van der Waals surface area contributed by atoms with E-state index in [0.717, 1.165) is 42.6 Å². The van der Waals surface area contributed by atoms with Crippen molar-refractivity contribution in [1.29, 1.82) is 0 Å². The Morgan fingerprint density at radius 2 is 1.94 bits per heavy atom. The van der Waals surface area contributed by atoms with Crippen LogP contribution in [0.2, 0.25) is 0 Å². The molecule has 0 bridgehead atoms. The molecule has 1 saturated heterocycles. The topological polar surface area (TPSA) is 84.5 Å². The monoisotopic (exact) mass is 430 g/mol. The van der Waals surface area contributed by atoms with Crippen molar-refractivity contribution in [2.45, 2.75) is 25.8 Å². The van der Waals surface area contributed by atoms with Crippen molar-refractivity contribution < 1.29 is 4.79 Å². The lowest BCUT2D eigenvalue weighted by Crippen LogP contribution is -2.34. The molecule has 164 valence electrons. The molecule has 5 rings (SSSR count). The lowest BCUT2D eigenvalue weighted by molar-refractivity contribution is 0.0828. The third kappa shape index (κ3) is 3.46. The van der Waals surface area contributed by atoms with Gasteiger partial charge in [0.1, 0.15) is 0 Å². The van der Waals surface area contributed by atoms with Crippen LogP contribution in [0.4, 0.5) is 0 Å². The van der Waals surface area contributed by atoms with Gasteiger partial charge in [0.15, 0.2) is 5.65 Å². The lowest BCUT2D eigenvalue weighted by atomic mass is 10.0. The van der Waals surface area contributed by atoms with Crippen LogP contribution in [0.5, 0.6) is 0 Å². The van der Waals surface area contributed by atoms with Crippen molar-refractivity contribution in [2.24, 2.45) is 0 Å². The average Bonchev–Trinajstić information content (AvgIpc) is 3.18. The molecule has 0 atom stereocenters. The third-order valence-corrected chi connectivity index (χ3v) is 6.11. The number of hydrogen-bond donors (Lipinski definition) is 1. The largest absolute Gasteiger partial charge is 0.345 e. The summed E-state index contributed by atoms with van der Waals surface area (Å²) >= 11 is 0. The standard InChI is InChI=1S/C24H26N6O2/c1-15-14-30-22(26-15)20(23(31)28(2)3)13-21(27-30)17-4-5-19-16(12-17)8-11-29(24(19)32)18-6-9-25-10-7-18/h4-5,8,11-14,18,25H,6-7,9-10H2,1-3H3. The van der Waals surface area contributed by atoms with E-state index in [0.29, 0.717) is 22.3 Å². The van der Waals surface area contributed by atoms with Crippen molar-refractivity contribution in [3.8, 4) is 11.3 Å². The van der Waals surface area contributed by atoms with E-state index >= 15 is 0 Å². The lowest BCUT2D eigenvalue weighted by Gasteiger charge is -2.25. The molecule has 4 heterocycles. The number of aryl methyl sites for hydroxylation is 1. The number of rotatable bonds is 3. The minimum absolute atomic E-state index is 0.0399. The van der Waals surface area contributed by atoms with E-state index in [-0.39, 0.29) is 17.5 Å². The van der Waals surface area contributed by atoms with Gasteiger partial charge in [-0.1, -0.05) is 6.07 Å². The quantitative estimate of drug-likeness (QED) is 0.540. The maximum atomic E-state index is 13.1. The van der Waals surface area contributed by atoms with Crippen molar-refractivity contribution in [1.82, 2.24) is 29.4 Å². The zero-order valence-electron chi connectivity index (χ0n) is 18.5. The summed E-state index contributed by atoms with van der Waals surface area (Å²) in [4.78, 5) is 31.9. The first-order valence-corrected chi connectivity index (χ1v) is 10.9. The van der Waals surface area contributed by atoms with E-state index in [9.17, 15) is 9.59 Å². The number of piperidine rings is 1. The van der Waals surface area contributed by atoms with Gasteiger partial charge < -0.3 is 14.8 Å². The van der Waals surface area contributed by atoms with Gasteiger partial charge in [-0.05, 0) is 62.5 Å². The first-order chi connectivity index (χ1) is 15.4. The average molecular weight is 431 g/mol. The Kier molecular flexibility index (Phi) is 5.01. The Labute approximate surface area is 185 Å². The number of imidazole rings is 1. The van der Waals surface area contributed by atoms with Crippen molar-refractivity contribution >= 4 is 22.3 Å². The van der Waals surface area contributed by atoms with Crippen molar-refractivity contribution in [3.63, 3.8) is 0 Å². The van der Waals surface area contributed by atoms with Gasteiger partial charge in [-0.2, -0.15) is 5.10 Å². The normalized spacial score (nSPS) is 14.8. The summed E-state index contributed by atoms with van der Waals surface area (Å²) < 4.78 is 3.52. The molecule has 3 aromatic heterocycles. The van der Waals surface area contributed by atoms with Crippen molar-refractivity contribution in [3.05, 3.63) is 64.3 Å². The molecule has 8 heteroatoms. The molecule has 0 spiro atoms. The van der Waals surface area contributed by atoms with E-state index < -0.39 is 0 Å². The first-order valence-electron chi connectivity index (χ1n) is 10.9. The third-order valence-electron chi connectivity index (χ3n) is 6.11. The molecule has 1 aromatic carbocycles. The van der Waals surface area contributed by atoms with Crippen LogP contribution in [0.25, 0.3) is 27.7 Å². The summed E-state index contributed by atoms with van der Waals surface area (Å²) in [5, 5.41) is 9.58. The second-order valence-corrected chi connectivity index (χ2v) is 8.60. The van der Waals surface area contributed by atoms with Gasteiger partial charge in [-0.3, -0.25) is 9.59 Å². The number of carbonyl (C=O) groups is 1. The fourth-order valence-electron chi connectivity index (χ4n) is 4.43.